The third-order valence-electron chi connectivity index (χ3n) is 3.12. The first-order chi connectivity index (χ1) is 8.54. The molecule has 0 aliphatic carbocycles. The fourth-order valence-electron chi connectivity index (χ4n) is 2.25. The van der Waals surface area contributed by atoms with Gasteiger partial charge in [-0.25, -0.2) is 0 Å². The molecule has 0 atom stereocenters. The minimum absolute atomic E-state index is 0.142. The van der Waals surface area contributed by atoms with Gasteiger partial charge >= 0.3 is 0 Å². The van der Waals surface area contributed by atoms with Crippen LogP contribution in [0.15, 0.2) is 18.2 Å². The molecule has 1 aromatic rings. The highest BCUT2D eigenvalue weighted by Gasteiger charge is 2.18. The second kappa shape index (κ2) is 5.48. The number of piperidine rings is 1. The molecule has 1 aliphatic rings. The zero-order valence-corrected chi connectivity index (χ0v) is 11.1. The Labute approximate surface area is 108 Å². The van der Waals surface area contributed by atoms with Crippen molar-refractivity contribution in [2.24, 2.45) is 0 Å². The van der Waals surface area contributed by atoms with E-state index in [0.29, 0.717) is 5.69 Å². The minimum atomic E-state index is -0.159. The second-order valence-corrected chi connectivity index (χ2v) is 5.15. The van der Waals surface area contributed by atoms with Crippen LogP contribution in [0.3, 0.4) is 0 Å². The van der Waals surface area contributed by atoms with Crippen LogP contribution in [0.2, 0.25) is 0 Å². The zero-order valence-electron chi connectivity index (χ0n) is 11.1. The molecule has 0 saturated carbocycles. The second-order valence-electron chi connectivity index (χ2n) is 5.15. The van der Waals surface area contributed by atoms with Gasteiger partial charge in [-0.15, -0.1) is 0 Å². The first-order valence-corrected chi connectivity index (χ1v) is 6.55. The molecule has 4 nitrogen and oxygen atoms in total. The molecule has 1 saturated heterocycles. The molecule has 2 rings (SSSR count). The monoisotopic (exact) mass is 250 g/mol. The van der Waals surface area contributed by atoms with Crippen LogP contribution in [0.25, 0.3) is 0 Å². The van der Waals surface area contributed by atoms with Gasteiger partial charge in [-0.3, -0.25) is 0 Å². The van der Waals surface area contributed by atoms with E-state index in [1.807, 2.05) is 32.0 Å². The van der Waals surface area contributed by atoms with E-state index in [-0.39, 0.29) is 12.2 Å². The predicted molar refractivity (Wildman–Crippen MR) is 74.1 cm³/mol. The van der Waals surface area contributed by atoms with Gasteiger partial charge in [-0.2, -0.15) is 0 Å². The Morgan fingerprint density at radius 3 is 2.56 bits per heavy atom. The van der Waals surface area contributed by atoms with Gasteiger partial charge in [-0.1, -0.05) is 0 Å². The van der Waals surface area contributed by atoms with Crippen molar-refractivity contribution < 1.29 is 9.84 Å². The molecule has 0 unspecified atom stereocenters. The summed E-state index contributed by atoms with van der Waals surface area (Å²) >= 11 is 0. The van der Waals surface area contributed by atoms with Gasteiger partial charge in [0.2, 0.25) is 0 Å². The molecule has 1 aromatic carbocycles. The van der Waals surface area contributed by atoms with Crippen molar-refractivity contribution in [1.82, 2.24) is 0 Å². The number of hydrogen-bond acceptors (Lipinski definition) is 4. The Balaban J connectivity index is 2.14. The maximum Gasteiger partial charge on any atom is 0.123 e. The summed E-state index contributed by atoms with van der Waals surface area (Å²) in [5.74, 6) is 0.811. The average molecular weight is 250 g/mol. The van der Waals surface area contributed by atoms with E-state index in [1.54, 1.807) is 0 Å². The van der Waals surface area contributed by atoms with Crippen LogP contribution in [-0.2, 0) is 0 Å². The highest BCUT2D eigenvalue weighted by atomic mass is 16.5. The molecule has 1 fully saturated rings. The first kappa shape index (κ1) is 13.0. The van der Waals surface area contributed by atoms with E-state index >= 15 is 0 Å². The zero-order chi connectivity index (χ0) is 13.1. The molecule has 0 amide bonds. The summed E-state index contributed by atoms with van der Waals surface area (Å²) < 4.78 is 5.69. The standard InChI is InChI=1S/C14H22N2O2/c1-10(2)18-14-8-11(15)7-12(9-14)16-5-3-13(17)4-6-16/h7-10,13,17H,3-6,15H2,1-2H3. The Morgan fingerprint density at radius 1 is 1.28 bits per heavy atom. The number of benzene rings is 1. The van der Waals surface area contributed by atoms with Gasteiger partial charge in [0.15, 0.2) is 0 Å². The fraction of sp³-hybridized carbons (Fsp3) is 0.571. The van der Waals surface area contributed by atoms with Gasteiger partial charge in [0, 0.05) is 36.6 Å². The fourth-order valence-corrected chi connectivity index (χ4v) is 2.25. The molecule has 100 valence electrons. The van der Waals surface area contributed by atoms with Crippen LogP contribution >= 0.6 is 0 Å². The van der Waals surface area contributed by atoms with Gasteiger partial charge < -0.3 is 20.5 Å². The number of hydrogen-bond donors (Lipinski definition) is 2. The summed E-state index contributed by atoms with van der Waals surface area (Å²) in [6, 6.07) is 5.83. The number of rotatable bonds is 3. The van der Waals surface area contributed by atoms with Crippen molar-refractivity contribution in [1.29, 1.82) is 0 Å². The number of aliphatic hydroxyl groups excluding tert-OH is 1. The molecular formula is C14H22N2O2. The topological polar surface area (TPSA) is 58.7 Å². The SMILES string of the molecule is CC(C)Oc1cc(N)cc(N2CCC(O)CC2)c1. The van der Waals surface area contributed by atoms with Gasteiger partial charge in [0.1, 0.15) is 5.75 Å². The summed E-state index contributed by atoms with van der Waals surface area (Å²) in [7, 11) is 0. The molecule has 18 heavy (non-hydrogen) atoms. The minimum Gasteiger partial charge on any atom is -0.491 e. The summed E-state index contributed by atoms with van der Waals surface area (Å²) in [5.41, 5.74) is 7.71. The number of nitrogens with two attached hydrogens (primary N) is 1. The lowest BCUT2D eigenvalue weighted by atomic mass is 10.1. The number of aliphatic hydroxyl groups is 1. The lowest BCUT2D eigenvalue weighted by molar-refractivity contribution is 0.145. The number of anilines is 2. The molecular weight excluding hydrogens is 228 g/mol. The van der Waals surface area contributed by atoms with Crippen LogP contribution in [0.5, 0.6) is 5.75 Å². The summed E-state index contributed by atoms with van der Waals surface area (Å²) in [4.78, 5) is 2.25. The van der Waals surface area contributed by atoms with E-state index in [0.717, 1.165) is 37.4 Å². The smallest absolute Gasteiger partial charge is 0.123 e. The van der Waals surface area contributed by atoms with Crippen molar-refractivity contribution in [2.75, 3.05) is 23.7 Å². The van der Waals surface area contributed by atoms with Crippen LogP contribution in [-0.4, -0.2) is 30.4 Å². The highest BCUT2D eigenvalue weighted by Crippen LogP contribution is 2.28. The Kier molecular flexibility index (Phi) is 3.97. The molecule has 0 bridgehead atoms. The third kappa shape index (κ3) is 3.29. The quantitative estimate of drug-likeness (QED) is 0.806. The molecule has 0 spiro atoms. The van der Waals surface area contributed by atoms with Gasteiger partial charge in [0.25, 0.3) is 0 Å². The first-order valence-electron chi connectivity index (χ1n) is 6.55. The van der Waals surface area contributed by atoms with Gasteiger partial charge in [-0.05, 0) is 32.8 Å². The summed E-state index contributed by atoms with van der Waals surface area (Å²) in [5, 5.41) is 9.53. The van der Waals surface area contributed by atoms with E-state index in [2.05, 4.69) is 4.90 Å². The molecule has 1 heterocycles. The lowest BCUT2D eigenvalue weighted by Crippen LogP contribution is -2.35. The van der Waals surface area contributed by atoms with Crippen molar-refractivity contribution in [2.45, 2.75) is 38.9 Å². The van der Waals surface area contributed by atoms with E-state index in [4.69, 9.17) is 10.5 Å². The number of nitrogen functional groups attached to an aromatic ring is 1. The summed E-state index contributed by atoms with van der Waals surface area (Å²) in [6.07, 6.45) is 1.61. The van der Waals surface area contributed by atoms with Crippen LogP contribution in [0.4, 0.5) is 11.4 Å². The molecule has 1 aliphatic heterocycles. The Bertz CT molecular complexity index is 399. The van der Waals surface area contributed by atoms with Crippen molar-refractivity contribution in [3.8, 4) is 5.75 Å². The van der Waals surface area contributed by atoms with E-state index in [1.165, 1.54) is 0 Å². The van der Waals surface area contributed by atoms with Crippen molar-refractivity contribution in [3.63, 3.8) is 0 Å². The average Bonchev–Trinajstić information content (AvgIpc) is 2.28. The van der Waals surface area contributed by atoms with Crippen LogP contribution in [0, 0.1) is 0 Å². The third-order valence-corrected chi connectivity index (χ3v) is 3.12. The molecule has 0 radical (unpaired) electrons. The maximum atomic E-state index is 9.53. The van der Waals surface area contributed by atoms with Gasteiger partial charge in [0.05, 0.1) is 12.2 Å². The number of nitrogens with zero attached hydrogens (tertiary/aromatic N) is 1. The Morgan fingerprint density at radius 2 is 1.94 bits per heavy atom. The molecule has 0 aromatic heterocycles. The van der Waals surface area contributed by atoms with Crippen LogP contribution < -0.4 is 15.4 Å². The van der Waals surface area contributed by atoms with Crippen LogP contribution in [0.1, 0.15) is 26.7 Å². The lowest BCUT2D eigenvalue weighted by Gasteiger charge is -2.32. The van der Waals surface area contributed by atoms with E-state index < -0.39 is 0 Å². The molecule has 3 N–H and O–H groups in total. The summed E-state index contributed by atoms with van der Waals surface area (Å²) in [6.45, 7) is 5.73. The number of ether oxygens (including phenoxy) is 1. The Hall–Kier alpha value is -1.42. The largest absolute Gasteiger partial charge is 0.491 e. The normalized spacial score (nSPS) is 17.2. The van der Waals surface area contributed by atoms with Crippen molar-refractivity contribution in [3.05, 3.63) is 18.2 Å². The highest BCUT2D eigenvalue weighted by molar-refractivity contribution is 5.60. The van der Waals surface area contributed by atoms with E-state index in [9.17, 15) is 5.11 Å². The maximum absolute atomic E-state index is 9.53. The molecule has 4 heteroatoms. The predicted octanol–water partition coefficient (Wildman–Crippen LogP) is 2.02. The van der Waals surface area contributed by atoms with Crippen molar-refractivity contribution >= 4 is 11.4 Å².